The lowest BCUT2D eigenvalue weighted by atomic mass is 10.3. The molecule has 0 aromatic heterocycles. The number of nitrogens with one attached hydrogen (secondary N) is 1. The van der Waals surface area contributed by atoms with Crippen LogP contribution in [0.3, 0.4) is 0 Å². The van der Waals surface area contributed by atoms with E-state index in [2.05, 4.69) is 18.8 Å². The smallest absolute Gasteiger partial charge is 0.0413 e. The van der Waals surface area contributed by atoms with E-state index in [1.807, 2.05) is 36.4 Å². The fourth-order valence-corrected chi connectivity index (χ4v) is 0.856. The number of rotatable bonds is 3. The number of hydrogen-bond donors (Lipinski definition) is 1. The number of benzene rings is 1. The third kappa shape index (κ3) is 2.46. The Hall–Kier alpha value is -1.24. The van der Waals surface area contributed by atoms with Crippen LogP contribution in [0.5, 0.6) is 0 Å². The summed E-state index contributed by atoms with van der Waals surface area (Å²) in [5.74, 6) is 0. The Morgan fingerprint density at radius 2 is 2.00 bits per heavy atom. The van der Waals surface area contributed by atoms with Crippen LogP contribution in [-0.2, 0) is 0 Å². The number of para-hydroxylation sites is 1. The highest BCUT2D eigenvalue weighted by Crippen LogP contribution is 2.06. The largest absolute Gasteiger partial charge is 0.379 e. The van der Waals surface area contributed by atoms with Gasteiger partial charge in [0.15, 0.2) is 0 Å². The summed E-state index contributed by atoms with van der Waals surface area (Å²) in [6.07, 6.45) is 1.88. The van der Waals surface area contributed by atoms with E-state index >= 15 is 0 Å². The van der Waals surface area contributed by atoms with Gasteiger partial charge in [-0.1, -0.05) is 24.3 Å². The van der Waals surface area contributed by atoms with Gasteiger partial charge in [-0.3, -0.25) is 0 Å². The molecule has 0 radical (unpaired) electrons. The van der Waals surface area contributed by atoms with Gasteiger partial charge in [0.25, 0.3) is 0 Å². The van der Waals surface area contributed by atoms with Crippen LogP contribution in [0.4, 0.5) is 5.69 Å². The molecule has 1 heteroatoms. The zero-order valence-corrected chi connectivity index (χ0v) is 6.75. The molecule has 1 aromatic carbocycles. The van der Waals surface area contributed by atoms with E-state index in [0.717, 1.165) is 5.69 Å². The minimum Gasteiger partial charge on any atom is -0.379 e. The van der Waals surface area contributed by atoms with E-state index in [4.69, 9.17) is 0 Å². The van der Waals surface area contributed by atoms with Crippen LogP contribution in [0.15, 0.2) is 43.0 Å². The molecule has 0 aliphatic heterocycles. The van der Waals surface area contributed by atoms with Gasteiger partial charge in [-0.25, -0.2) is 0 Å². The SMILES string of the molecule is C=CC(C)Nc1ccccc1. The molecule has 1 rings (SSSR count). The van der Waals surface area contributed by atoms with Crippen molar-refractivity contribution in [1.82, 2.24) is 0 Å². The lowest BCUT2D eigenvalue weighted by Crippen LogP contribution is -2.10. The van der Waals surface area contributed by atoms with Crippen LogP contribution < -0.4 is 5.32 Å². The first-order chi connectivity index (χ1) is 5.33. The van der Waals surface area contributed by atoms with Gasteiger partial charge in [0.05, 0.1) is 0 Å². The molecule has 58 valence electrons. The molecule has 1 nitrogen and oxygen atoms in total. The highest BCUT2D eigenvalue weighted by atomic mass is 14.9. The average Bonchev–Trinajstić information content (AvgIpc) is 2.06. The van der Waals surface area contributed by atoms with Crippen LogP contribution in [0, 0.1) is 0 Å². The Bertz CT molecular complexity index is 216. The van der Waals surface area contributed by atoms with Crippen LogP contribution in [0.1, 0.15) is 6.92 Å². The molecule has 11 heavy (non-hydrogen) atoms. The first-order valence-electron chi connectivity index (χ1n) is 3.77. The van der Waals surface area contributed by atoms with Crippen LogP contribution >= 0.6 is 0 Å². The van der Waals surface area contributed by atoms with Gasteiger partial charge in [-0.15, -0.1) is 6.58 Å². The molecule has 0 bridgehead atoms. The second kappa shape index (κ2) is 3.81. The lowest BCUT2D eigenvalue weighted by Gasteiger charge is -2.09. The maximum atomic E-state index is 3.69. The quantitative estimate of drug-likeness (QED) is 0.648. The summed E-state index contributed by atoms with van der Waals surface area (Å²) in [4.78, 5) is 0. The Kier molecular flexibility index (Phi) is 2.73. The summed E-state index contributed by atoms with van der Waals surface area (Å²) in [5.41, 5.74) is 1.14. The highest BCUT2D eigenvalue weighted by Gasteiger charge is 1.92. The molecule has 1 aromatic rings. The monoisotopic (exact) mass is 147 g/mol. The van der Waals surface area contributed by atoms with Crippen molar-refractivity contribution in [3.63, 3.8) is 0 Å². The van der Waals surface area contributed by atoms with Crippen molar-refractivity contribution >= 4 is 5.69 Å². The second-order valence-corrected chi connectivity index (χ2v) is 2.53. The molecule has 1 unspecified atom stereocenters. The highest BCUT2D eigenvalue weighted by molar-refractivity contribution is 5.43. The van der Waals surface area contributed by atoms with Gasteiger partial charge in [-0.2, -0.15) is 0 Å². The van der Waals surface area contributed by atoms with Gasteiger partial charge in [0.1, 0.15) is 0 Å². The number of anilines is 1. The topological polar surface area (TPSA) is 12.0 Å². The molecule has 1 atom stereocenters. The molecule has 0 aliphatic rings. The van der Waals surface area contributed by atoms with Crippen molar-refractivity contribution in [2.45, 2.75) is 13.0 Å². The van der Waals surface area contributed by atoms with Crippen molar-refractivity contribution in [1.29, 1.82) is 0 Å². The first kappa shape index (κ1) is 7.86. The molecule has 0 saturated carbocycles. The fourth-order valence-electron chi connectivity index (χ4n) is 0.856. The van der Waals surface area contributed by atoms with E-state index in [1.54, 1.807) is 0 Å². The predicted octanol–water partition coefficient (Wildman–Crippen LogP) is 2.67. The summed E-state index contributed by atoms with van der Waals surface area (Å²) in [7, 11) is 0. The summed E-state index contributed by atoms with van der Waals surface area (Å²) >= 11 is 0. The van der Waals surface area contributed by atoms with E-state index in [9.17, 15) is 0 Å². The molecule has 0 heterocycles. The second-order valence-electron chi connectivity index (χ2n) is 2.53. The maximum absolute atomic E-state index is 3.69. The van der Waals surface area contributed by atoms with Crippen molar-refractivity contribution in [2.24, 2.45) is 0 Å². The molecule has 1 N–H and O–H groups in total. The van der Waals surface area contributed by atoms with Gasteiger partial charge in [0, 0.05) is 11.7 Å². The van der Waals surface area contributed by atoms with Gasteiger partial charge in [-0.05, 0) is 19.1 Å². The summed E-state index contributed by atoms with van der Waals surface area (Å²) < 4.78 is 0. The molecular weight excluding hydrogens is 134 g/mol. The molecule has 0 aliphatic carbocycles. The van der Waals surface area contributed by atoms with E-state index in [0.29, 0.717) is 6.04 Å². The predicted molar refractivity (Wildman–Crippen MR) is 49.7 cm³/mol. The third-order valence-corrected chi connectivity index (χ3v) is 1.52. The van der Waals surface area contributed by atoms with Gasteiger partial charge < -0.3 is 5.32 Å². The minimum absolute atomic E-state index is 0.331. The van der Waals surface area contributed by atoms with Crippen LogP contribution in [0.2, 0.25) is 0 Å². The summed E-state index contributed by atoms with van der Waals surface area (Å²) in [6.45, 7) is 5.76. The van der Waals surface area contributed by atoms with E-state index < -0.39 is 0 Å². The van der Waals surface area contributed by atoms with Crippen LogP contribution in [-0.4, -0.2) is 6.04 Å². The lowest BCUT2D eigenvalue weighted by molar-refractivity contribution is 1.00. The molecular formula is C10H13N. The normalized spacial score (nSPS) is 12.1. The molecule has 0 spiro atoms. The average molecular weight is 147 g/mol. The third-order valence-electron chi connectivity index (χ3n) is 1.52. The van der Waals surface area contributed by atoms with Crippen LogP contribution in [0.25, 0.3) is 0 Å². The van der Waals surface area contributed by atoms with Crippen molar-refractivity contribution in [3.05, 3.63) is 43.0 Å². The maximum Gasteiger partial charge on any atom is 0.0413 e. The molecule has 0 saturated heterocycles. The van der Waals surface area contributed by atoms with Gasteiger partial charge >= 0.3 is 0 Å². The Balaban J connectivity index is 2.57. The van der Waals surface area contributed by atoms with Crippen molar-refractivity contribution in [2.75, 3.05) is 5.32 Å². The minimum atomic E-state index is 0.331. The zero-order chi connectivity index (χ0) is 8.10. The number of hydrogen-bond acceptors (Lipinski definition) is 1. The molecule has 0 amide bonds. The van der Waals surface area contributed by atoms with E-state index in [1.165, 1.54) is 0 Å². The Morgan fingerprint density at radius 1 is 1.36 bits per heavy atom. The Labute approximate surface area is 67.8 Å². The van der Waals surface area contributed by atoms with Crippen molar-refractivity contribution < 1.29 is 0 Å². The molecule has 0 fully saturated rings. The first-order valence-corrected chi connectivity index (χ1v) is 3.77. The Morgan fingerprint density at radius 3 is 2.55 bits per heavy atom. The zero-order valence-electron chi connectivity index (χ0n) is 6.75. The standard InChI is InChI=1S/C10H13N/c1-3-9(2)11-10-7-5-4-6-8-10/h3-9,11H,1H2,2H3. The fraction of sp³-hybridized carbons (Fsp3) is 0.200. The van der Waals surface area contributed by atoms with Gasteiger partial charge in [0.2, 0.25) is 0 Å². The summed E-state index contributed by atoms with van der Waals surface area (Å²) in [5, 5.41) is 3.27. The summed E-state index contributed by atoms with van der Waals surface area (Å²) in [6, 6.07) is 10.4. The van der Waals surface area contributed by atoms with E-state index in [-0.39, 0.29) is 0 Å². The van der Waals surface area contributed by atoms with Crippen molar-refractivity contribution in [3.8, 4) is 0 Å².